The van der Waals surface area contributed by atoms with Crippen LogP contribution < -0.4 is 5.30 Å². The van der Waals surface area contributed by atoms with Crippen molar-refractivity contribution in [3.8, 4) is 0 Å². The van der Waals surface area contributed by atoms with Crippen molar-refractivity contribution in [1.29, 1.82) is 0 Å². The maximum absolute atomic E-state index is 2.89. The maximum Gasteiger partial charge on any atom is 0.0176 e. The molecule has 0 nitrogen and oxygen atoms in total. The topological polar surface area (TPSA) is 0 Å². The Labute approximate surface area is 101 Å². The first-order chi connectivity index (χ1) is 6.68. The normalized spacial score (nSPS) is 13.3. The van der Waals surface area contributed by atoms with E-state index in [9.17, 15) is 0 Å². The van der Waals surface area contributed by atoms with E-state index < -0.39 is 0 Å². The predicted octanol–water partition coefficient (Wildman–Crippen LogP) is 4.23. The lowest BCUT2D eigenvalue weighted by atomic mass is 9.88. The lowest BCUT2D eigenvalue weighted by Crippen LogP contribution is -2.18. The van der Waals surface area contributed by atoms with E-state index in [-0.39, 0.29) is 5.41 Å². The molecule has 0 saturated carbocycles. The molecular formula is C13H23PS. The monoisotopic (exact) mass is 242 g/mol. The minimum atomic E-state index is 0.276. The minimum absolute atomic E-state index is 0.276. The van der Waals surface area contributed by atoms with E-state index in [2.05, 4.69) is 56.8 Å². The van der Waals surface area contributed by atoms with Crippen LogP contribution in [0.2, 0.25) is 0 Å². The van der Waals surface area contributed by atoms with Gasteiger partial charge < -0.3 is 0 Å². The standard InChI is InChI=1S/C13H23PS/c1-7-13(5,6)11-9(14)8-10(15-11)12(2,3)4/h8H,7,14H2,1-6H3. The molecule has 0 bridgehead atoms. The fourth-order valence-corrected chi connectivity index (χ4v) is 3.63. The van der Waals surface area contributed by atoms with Crippen molar-refractivity contribution in [2.24, 2.45) is 0 Å². The van der Waals surface area contributed by atoms with Crippen molar-refractivity contribution in [2.45, 2.75) is 58.8 Å². The Morgan fingerprint density at radius 3 is 2.07 bits per heavy atom. The predicted molar refractivity (Wildman–Crippen MR) is 75.7 cm³/mol. The van der Waals surface area contributed by atoms with Crippen LogP contribution in [0.1, 0.15) is 57.7 Å². The van der Waals surface area contributed by atoms with Crippen LogP contribution in [-0.4, -0.2) is 0 Å². The van der Waals surface area contributed by atoms with Gasteiger partial charge in [-0.05, 0) is 28.6 Å². The quantitative estimate of drug-likeness (QED) is 0.681. The molecule has 0 aromatic carbocycles. The van der Waals surface area contributed by atoms with Crippen LogP contribution >= 0.6 is 20.6 Å². The Morgan fingerprint density at radius 2 is 1.73 bits per heavy atom. The van der Waals surface area contributed by atoms with E-state index in [1.165, 1.54) is 21.5 Å². The smallest absolute Gasteiger partial charge is 0.0176 e. The van der Waals surface area contributed by atoms with Crippen molar-refractivity contribution in [3.63, 3.8) is 0 Å². The van der Waals surface area contributed by atoms with E-state index in [0.29, 0.717) is 5.41 Å². The lowest BCUT2D eigenvalue weighted by molar-refractivity contribution is 0.519. The molecule has 86 valence electrons. The highest BCUT2D eigenvalue weighted by Gasteiger charge is 2.26. The molecule has 0 saturated heterocycles. The lowest BCUT2D eigenvalue weighted by Gasteiger charge is -2.22. The molecule has 1 atom stereocenters. The van der Waals surface area contributed by atoms with Gasteiger partial charge in [-0.1, -0.05) is 41.5 Å². The van der Waals surface area contributed by atoms with Gasteiger partial charge in [-0.25, -0.2) is 0 Å². The fourth-order valence-electron chi connectivity index (χ4n) is 1.46. The second kappa shape index (κ2) is 4.18. The van der Waals surface area contributed by atoms with Crippen molar-refractivity contribution in [3.05, 3.63) is 15.8 Å². The second-order valence-corrected chi connectivity index (χ2v) is 7.56. The van der Waals surface area contributed by atoms with Gasteiger partial charge >= 0.3 is 0 Å². The molecule has 1 aromatic rings. The molecule has 0 aliphatic heterocycles. The van der Waals surface area contributed by atoms with Crippen LogP contribution in [0.4, 0.5) is 0 Å². The molecule has 0 amide bonds. The molecule has 1 rings (SSSR count). The summed E-state index contributed by atoms with van der Waals surface area (Å²) in [7, 11) is 2.89. The Morgan fingerprint density at radius 1 is 1.20 bits per heavy atom. The molecule has 2 heteroatoms. The van der Waals surface area contributed by atoms with Gasteiger partial charge in [0.15, 0.2) is 0 Å². The van der Waals surface area contributed by atoms with Gasteiger partial charge in [-0.3, -0.25) is 0 Å². The summed E-state index contributed by atoms with van der Waals surface area (Å²) in [6.45, 7) is 13.8. The first-order valence-electron chi connectivity index (χ1n) is 5.58. The van der Waals surface area contributed by atoms with Crippen molar-refractivity contribution in [1.82, 2.24) is 0 Å². The zero-order valence-electron chi connectivity index (χ0n) is 10.8. The third-order valence-electron chi connectivity index (χ3n) is 3.00. The largest absolute Gasteiger partial charge is 0.144 e. The summed E-state index contributed by atoms with van der Waals surface area (Å²) >= 11 is 1.98. The Hall–Kier alpha value is 0.130. The van der Waals surface area contributed by atoms with Crippen LogP contribution in [0.25, 0.3) is 0 Å². The van der Waals surface area contributed by atoms with Crippen LogP contribution in [0.5, 0.6) is 0 Å². The number of rotatable bonds is 2. The van der Waals surface area contributed by atoms with Crippen molar-refractivity contribution in [2.75, 3.05) is 0 Å². The zero-order valence-corrected chi connectivity index (χ0v) is 12.7. The molecule has 0 aliphatic rings. The van der Waals surface area contributed by atoms with Gasteiger partial charge in [0.05, 0.1) is 0 Å². The molecule has 0 aliphatic carbocycles. The van der Waals surface area contributed by atoms with Gasteiger partial charge in [0.2, 0.25) is 0 Å². The van der Waals surface area contributed by atoms with Crippen LogP contribution in [0, 0.1) is 0 Å². The van der Waals surface area contributed by atoms with Crippen LogP contribution in [-0.2, 0) is 10.8 Å². The average Bonchev–Trinajstić information content (AvgIpc) is 2.47. The first-order valence-corrected chi connectivity index (χ1v) is 6.98. The summed E-state index contributed by atoms with van der Waals surface area (Å²) in [5, 5.41) is 1.39. The molecule has 1 unspecified atom stereocenters. The average molecular weight is 242 g/mol. The molecular weight excluding hydrogens is 219 g/mol. The van der Waals surface area contributed by atoms with Gasteiger partial charge in [0.25, 0.3) is 0 Å². The third kappa shape index (κ3) is 2.82. The molecule has 0 N–H and O–H groups in total. The van der Waals surface area contributed by atoms with Crippen molar-refractivity contribution < 1.29 is 0 Å². The van der Waals surface area contributed by atoms with E-state index >= 15 is 0 Å². The summed E-state index contributed by atoms with van der Waals surface area (Å²) in [5.74, 6) is 0. The second-order valence-electron chi connectivity index (χ2n) is 5.88. The Kier molecular flexibility index (Phi) is 3.68. The summed E-state index contributed by atoms with van der Waals surface area (Å²) in [5.41, 5.74) is 0.587. The van der Waals surface area contributed by atoms with Gasteiger partial charge in [0, 0.05) is 9.75 Å². The minimum Gasteiger partial charge on any atom is -0.144 e. The van der Waals surface area contributed by atoms with Crippen LogP contribution in [0.15, 0.2) is 6.07 Å². The summed E-state index contributed by atoms with van der Waals surface area (Å²) in [6, 6.07) is 2.34. The van der Waals surface area contributed by atoms with Gasteiger partial charge in [-0.15, -0.1) is 20.6 Å². The van der Waals surface area contributed by atoms with E-state index in [1.54, 1.807) is 0 Å². The maximum atomic E-state index is 2.89. The Bertz CT molecular complexity index is 342. The molecule has 0 radical (unpaired) electrons. The SMILES string of the molecule is CCC(C)(C)c1sc(C(C)(C)C)cc1P. The highest BCUT2D eigenvalue weighted by atomic mass is 32.1. The molecule has 1 heterocycles. The third-order valence-corrected chi connectivity index (χ3v) is 5.61. The summed E-state index contributed by atoms with van der Waals surface area (Å²) in [4.78, 5) is 3.02. The number of thiophene rings is 1. The number of hydrogen-bond acceptors (Lipinski definition) is 1. The molecule has 1 aromatic heterocycles. The van der Waals surface area contributed by atoms with E-state index in [1.807, 2.05) is 11.3 Å². The van der Waals surface area contributed by atoms with Gasteiger partial charge in [0.1, 0.15) is 0 Å². The number of hydrogen-bond donors (Lipinski definition) is 0. The highest BCUT2D eigenvalue weighted by Crippen LogP contribution is 2.36. The van der Waals surface area contributed by atoms with Crippen molar-refractivity contribution >= 4 is 25.9 Å². The Balaban J connectivity index is 3.18. The summed E-state index contributed by atoms with van der Waals surface area (Å²) < 4.78 is 0. The van der Waals surface area contributed by atoms with E-state index in [4.69, 9.17) is 0 Å². The zero-order chi connectivity index (χ0) is 11.9. The van der Waals surface area contributed by atoms with Crippen LogP contribution in [0.3, 0.4) is 0 Å². The highest BCUT2D eigenvalue weighted by molar-refractivity contribution is 7.30. The first kappa shape index (κ1) is 13.2. The van der Waals surface area contributed by atoms with E-state index in [0.717, 1.165) is 0 Å². The molecule has 15 heavy (non-hydrogen) atoms. The van der Waals surface area contributed by atoms with Gasteiger partial charge in [-0.2, -0.15) is 0 Å². The fraction of sp³-hybridized carbons (Fsp3) is 0.692. The summed E-state index contributed by atoms with van der Waals surface area (Å²) in [6.07, 6.45) is 1.19. The molecule has 0 fully saturated rings. The molecule has 0 spiro atoms.